The second-order valence-corrected chi connectivity index (χ2v) is 5.87. The first kappa shape index (κ1) is 17.0. The quantitative estimate of drug-likeness (QED) is 0.490. The molecule has 0 aliphatic carbocycles. The van der Waals surface area contributed by atoms with Crippen LogP contribution in [-0.4, -0.2) is 29.7 Å². The average molecular weight is 338 g/mol. The van der Waals surface area contributed by atoms with Crippen molar-refractivity contribution in [2.75, 3.05) is 13.7 Å². The van der Waals surface area contributed by atoms with Gasteiger partial charge in [0.15, 0.2) is 0 Å². The number of H-pyrrole nitrogens is 1. The van der Waals surface area contributed by atoms with Gasteiger partial charge in [-0.2, -0.15) is 0 Å². The van der Waals surface area contributed by atoms with Crippen LogP contribution in [0, 0.1) is 0 Å². The lowest BCUT2D eigenvalue weighted by Gasteiger charge is -2.05. The number of benzene rings is 2. The van der Waals surface area contributed by atoms with E-state index in [0.29, 0.717) is 13.0 Å². The van der Waals surface area contributed by atoms with Crippen molar-refractivity contribution in [2.24, 2.45) is 0 Å². The van der Waals surface area contributed by atoms with Crippen molar-refractivity contribution >= 4 is 17.0 Å². The first-order chi connectivity index (χ1) is 12.3. The molecule has 130 valence electrons. The van der Waals surface area contributed by atoms with E-state index >= 15 is 0 Å². The van der Waals surface area contributed by atoms with Crippen LogP contribution in [0.4, 0.5) is 0 Å². The summed E-state index contributed by atoms with van der Waals surface area (Å²) >= 11 is 0. The van der Waals surface area contributed by atoms with Crippen LogP contribution >= 0.6 is 0 Å². The smallest absolute Gasteiger partial charge is 0.305 e. The first-order valence-corrected chi connectivity index (χ1v) is 8.51. The Hall–Kier alpha value is -2.82. The number of aromatic nitrogens is 2. The highest BCUT2D eigenvalue weighted by Crippen LogP contribution is 2.23. The number of nitrogens with zero attached hydrogens (tertiary/aromatic N) is 1. The number of carbonyl (C=O) groups is 1. The fourth-order valence-corrected chi connectivity index (χ4v) is 2.65. The van der Waals surface area contributed by atoms with Crippen LogP contribution in [0.25, 0.3) is 22.4 Å². The fraction of sp³-hybridized carbons (Fsp3) is 0.300. The minimum absolute atomic E-state index is 0.154. The Bertz CT molecular complexity index is 827. The minimum atomic E-state index is -0.154. The van der Waals surface area contributed by atoms with Gasteiger partial charge in [0.25, 0.3) is 0 Å². The van der Waals surface area contributed by atoms with Crippen LogP contribution in [0.3, 0.4) is 0 Å². The molecule has 25 heavy (non-hydrogen) atoms. The number of methoxy groups -OCH3 is 1. The summed E-state index contributed by atoms with van der Waals surface area (Å²) in [5.41, 5.74) is 2.94. The van der Waals surface area contributed by atoms with Crippen molar-refractivity contribution in [3.63, 3.8) is 0 Å². The summed E-state index contributed by atoms with van der Waals surface area (Å²) < 4.78 is 10.4. The number of nitrogens with one attached hydrogen (secondary N) is 1. The van der Waals surface area contributed by atoms with E-state index in [1.807, 2.05) is 48.5 Å². The summed E-state index contributed by atoms with van der Waals surface area (Å²) in [5.74, 6) is 1.52. The summed E-state index contributed by atoms with van der Waals surface area (Å²) in [6, 6.07) is 15.9. The van der Waals surface area contributed by atoms with Gasteiger partial charge in [-0.3, -0.25) is 4.79 Å². The number of rotatable bonds is 8. The van der Waals surface area contributed by atoms with Crippen molar-refractivity contribution in [1.82, 2.24) is 9.97 Å². The lowest BCUT2D eigenvalue weighted by Crippen LogP contribution is -2.01. The Morgan fingerprint density at radius 3 is 2.72 bits per heavy atom. The fourth-order valence-electron chi connectivity index (χ4n) is 2.65. The van der Waals surface area contributed by atoms with E-state index in [1.54, 1.807) is 0 Å². The first-order valence-electron chi connectivity index (χ1n) is 8.51. The number of fused-ring (bicyclic) bond motifs is 1. The molecule has 1 heterocycles. The van der Waals surface area contributed by atoms with Gasteiger partial charge >= 0.3 is 5.97 Å². The second kappa shape index (κ2) is 8.33. The molecule has 0 aliphatic rings. The molecule has 1 aromatic heterocycles. The zero-order valence-electron chi connectivity index (χ0n) is 14.3. The van der Waals surface area contributed by atoms with E-state index in [-0.39, 0.29) is 5.97 Å². The highest BCUT2D eigenvalue weighted by Gasteiger charge is 2.06. The number of hydrogen-bond acceptors (Lipinski definition) is 4. The van der Waals surface area contributed by atoms with Crippen molar-refractivity contribution in [3.05, 3.63) is 48.5 Å². The predicted octanol–water partition coefficient (Wildman–Crippen LogP) is 4.34. The second-order valence-electron chi connectivity index (χ2n) is 5.87. The Kier molecular flexibility index (Phi) is 5.67. The van der Waals surface area contributed by atoms with E-state index in [1.165, 1.54) is 7.11 Å². The topological polar surface area (TPSA) is 64.2 Å². The molecule has 0 spiro atoms. The molecular weight excluding hydrogens is 316 g/mol. The summed E-state index contributed by atoms with van der Waals surface area (Å²) in [5, 5.41) is 0. The van der Waals surface area contributed by atoms with Crippen LogP contribution in [0.15, 0.2) is 48.5 Å². The number of unbranched alkanes of at least 4 members (excludes halogenated alkanes) is 2. The standard InChI is InChI=1S/C20H22N2O3/c1-24-19(23)10-6-3-7-13-25-16-11-12-17-18(14-16)22-20(21-17)15-8-4-2-5-9-15/h2,4-5,8-9,11-12,14H,3,6-7,10,13H2,1H3,(H,21,22). The Labute approximate surface area is 147 Å². The Morgan fingerprint density at radius 1 is 1.08 bits per heavy atom. The minimum Gasteiger partial charge on any atom is -0.494 e. The summed E-state index contributed by atoms with van der Waals surface area (Å²) in [4.78, 5) is 19.0. The average Bonchev–Trinajstić information content (AvgIpc) is 3.08. The molecule has 0 fully saturated rings. The van der Waals surface area contributed by atoms with E-state index in [9.17, 15) is 4.79 Å². The molecule has 1 N–H and O–H groups in total. The maximum absolute atomic E-state index is 11.0. The lowest BCUT2D eigenvalue weighted by atomic mass is 10.2. The van der Waals surface area contributed by atoms with Gasteiger partial charge in [0, 0.05) is 18.1 Å². The summed E-state index contributed by atoms with van der Waals surface area (Å²) in [6.45, 7) is 0.628. The van der Waals surface area contributed by atoms with Gasteiger partial charge in [-0.1, -0.05) is 30.3 Å². The van der Waals surface area contributed by atoms with Gasteiger partial charge in [-0.05, 0) is 31.4 Å². The number of carbonyl (C=O) groups excluding carboxylic acids is 1. The molecule has 0 atom stereocenters. The highest BCUT2D eigenvalue weighted by atomic mass is 16.5. The maximum atomic E-state index is 11.0. The number of aromatic amines is 1. The molecule has 5 heteroatoms. The molecule has 0 unspecified atom stereocenters. The Morgan fingerprint density at radius 2 is 1.92 bits per heavy atom. The van der Waals surface area contributed by atoms with E-state index in [4.69, 9.17) is 4.74 Å². The molecule has 0 radical (unpaired) electrons. The van der Waals surface area contributed by atoms with Crippen LogP contribution < -0.4 is 4.74 Å². The zero-order chi connectivity index (χ0) is 17.5. The largest absolute Gasteiger partial charge is 0.494 e. The van der Waals surface area contributed by atoms with Gasteiger partial charge < -0.3 is 14.5 Å². The molecule has 3 aromatic rings. The maximum Gasteiger partial charge on any atom is 0.305 e. The SMILES string of the molecule is COC(=O)CCCCCOc1ccc2[nH]c(-c3ccccc3)nc2c1. The van der Waals surface area contributed by atoms with Crippen molar-refractivity contribution in [2.45, 2.75) is 25.7 Å². The molecule has 3 rings (SSSR count). The third-order valence-corrected chi connectivity index (χ3v) is 4.02. The third kappa shape index (κ3) is 4.59. The van der Waals surface area contributed by atoms with E-state index in [0.717, 1.165) is 47.4 Å². The number of ether oxygens (including phenoxy) is 2. The molecule has 2 aromatic carbocycles. The van der Waals surface area contributed by atoms with Gasteiger partial charge in [0.1, 0.15) is 11.6 Å². The van der Waals surface area contributed by atoms with E-state index < -0.39 is 0 Å². The monoisotopic (exact) mass is 338 g/mol. The number of imidazole rings is 1. The summed E-state index contributed by atoms with van der Waals surface area (Å²) in [6.07, 6.45) is 3.15. The molecule has 5 nitrogen and oxygen atoms in total. The van der Waals surface area contributed by atoms with Crippen LogP contribution in [0.2, 0.25) is 0 Å². The molecule has 0 saturated heterocycles. The van der Waals surface area contributed by atoms with Gasteiger partial charge in [0.05, 0.1) is 24.8 Å². The van der Waals surface area contributed by atoms with Crippen molar-refractivity contribution in [3.8, 4) is 17.1 Å². The molecule has 0 bridgehead atoms. The van der Waals surface area contributed by atoms with Crippen LogP contribution in [0.1, 0.15) is 25.7 Å². The molecule has 0 saturated carbocycles. The van der Waals surface area contributed by atoms with Crippen LogP contribution in [0.5, 0.6) is 5.75 Å². The van der Waals surface area contributed by atoms with E-state index in [2.05, 4.69) is 14.7 Å². The van der Waals surface area contributed by atoms with Crippen molar-refractivity contribution in [1.29, 1.82) is 0 Å². The molecular formula is C20H22N2O3. The normalized spacial score (nSPS) is 10.8. The highest BCUT2D eigenvalue weighted by molar-refractivity contribution is 5.80. The van der Waals surface area contributed by atoms with Gasteiger partial charge in [0.2, 0.25) is 0 Å². The third-order valence-electron chi connectivity index (χ3n) is 4.02. The van der Waals surface area contributed by atoms with Gasteiger partial charge in [-0.25, -0.2) is 4.98 Å². The number of esters is 1. The lowest BCUT2D eigenvalue weighted by molar-refractivity contribution is -0.140. The molecule has 0 aliphatic heterocycles. The predicted molar refractivity (Wildman–Crippen MR) is 97.5 cm³/mol. The summed E-state index contributed by atoms with van der Waals surface area (Å²) in [7, 11) is 1.42. The Balaban J connectivity index is 1.54. The van der Waals surface area contributed by atoms with Crippen molar-refractivity contribution < 1.29 is 14.3 Å². The molecule has 0 amide bonds. The van der Waals surface area contributed by atoms with Gasteiger partial charge in [-0.15, -0.1) is 0 Å². The zero-order valence-corrected chi connectivity index (χ0v) is 14.3. The number of hydrogen-bond donors (Lipinski definition) is 1. The van der Waals surface area contributed by atoms with Crippen LogP contribution in [-0.2, 0) is 9.53 Å².